The Labute approximate surface area is 215 Å². The summed E-state index contributed by atoms with van der Waals surface area (Å²) in [5.74, 6) is 0.608. The van der Waals surface area contributed by atoms with E-state index in [1.54, 1.807) is 29.4 Å². The van der Waals surface area contributed by atoms with Crippen molar-refractivity contribution in [3.63, 3.8) is 0 Å². The first-order valence-electron chi connectivity index (χ1n) is 12.2. The van der Waals surface area contributed by atoms with Gasteiger partial charge in [-0.2, -0.15) is 0 Å². The normalized spacial score (nSPS) is 18.3. The summed E-state index contributed by atoms with van der Waals surface area (Å²) in [5.41, 5.74) is 1.62. The molecule has 0 aliphatic carbocycles. The molecule has 1 aromatic carbocycles. The highest BCUT2D eigenvalue weighted by atomic mass is 32.1. The number of piperidine rings is 1. The maximum atomic E-state index is 14.0. The number of rotatable bonds is 7. The standard InChI is InChI=1S/C26H34FN5O3S/c1-16-15-32(25(33)35-26(2,3)4)11-8-20(16)29-24-23-19(9-13-36-23)22(30-31-24)18-7-6-17(27)14-21(18)28-10-12-34-5/h6-7,9,13-14,16,20,28H,8,10-12,15H2,1-5H3,(H,29,31)/t16-,20+/m1/s1. The van der Waals surface area contributed by atoms with Crippen molar-refractivity contribution < 1.29 is 18.7 Å². The number of halogens is 1. The van der Waals surface area contributed by atoms with Gasteiger partial charge < -0.3 is 25.0 Å². The number of anilines is 2. The predicted molar refractivity (Wildman–Crippen MR) is 142 cm³/mol. The fourth-order valence-electron chi connectivity index (χ4n) is 4.36. The Morgan fingerprint density at radius 1 is 1.28 bits per heavy atom. The minimum absolute atomic E-state index is 0.145. The molecule has 1 amide bonds. The fourth-order valence-corrected chi connectivity index (χ4v) is 5.20. The molecule has 194 valence electrons. The molecular formula is C26H34FN5O3S. The Kier molecular flexibility index (Phi) is 7.94. The fraction of sp³-hybridized carbons (Fsp3) is 0.500. The van der Waals surface area contributed by atoms with Crippen molar-refractivity contribution in [3.8, 4) is 11.3 Å². The predicted octanol–water partition coefficient (Wildman–Crippen LogP) is 5.61. The average Bonchev–Trinajstić information content (AvgIpc) is 3.30. The summed E-state index contributed by atoms with van der Waals surface area (Å²) in [7, 11) is 1.63. The van der Waals surface area contributed by atoms with Gasteiger partial charge in [-0.1, -0.05) is 6.92 Å². The van der Waals surface area contributed by atoms with Crippen molar-refractivity contribution in [2.45, 2.75) is 45.8 Å². The first kappa shape index (κ1) is 26.1. The molecule has 3 heterocycles. The van der Waals surface area contributed by atoms with Crippen LogP contribution in [0.5, 0.6) is 0 Å². The van der Waals surface area contributed by atoms with Gasteiger partial charge in [0.1, 0.15) is 17.1 Å². The summed E-state index contributed by atoms with van der Waals surface area (Å²) in [5, 5.41) is 18.9. The van der Waals surface area contributed by atoms with E-state index in [-0.39, 0.29) is 23.9 Å². The van der Waals surface area contributed by atoms with E-state index in [9.17, 15) is 9.18 Å². The Morgan fingerprint density at radius 3 is 2.81 bits per heavy atom. The van der Waals surface area contributed by atoms with Gasteiger partial charge in [0.15, 0.2) is 5.82 Å². The molecule has 4 rings (SSSR count). The maximum Gasteiger partial charge on any atom is 0.410 e. The van der Waals surface area contributed by atoms with Crippen LogP contribution >= 0.6 is 11.3 Å². The lowest BCUT2D eigenvalue weighted by molar-refractivity contribution is 0.0165. The molecule has 10 heteroatoms. The van der Waals surface area contributed by atoms with E-state index in [1.807, 2.05) is 32.2 Å². The SMILES string of the molecule is COCCNc1cc(F)ccc1-c1nnc(N[C@H]2CCN(C(=O)OC(C)(C)C)C[C@H]2C)c2sccc12. The molecule has 1 aliphatic heterocycles. The monoisotopic (exact) mass is 515 g/mol. The molecule has 0 bridgehead atoms. The van der Waals surface area contributed by atoms with Crippen LogP contribution in [0.3, 0.4) is 0 Å². The number of benzene rings is 1. The van der Waals surface area contributed by atoms with E-state index >= 15 is 0 Å². The zero-order valence-electron chi connectivity index (χ0n) is 21.4. The highest BCUT2D eigenvalue weighted by Crippen LogP contribution is 2.37. The van der Waals surface area contributed by atoms with Crippen LogP contribution < -0.4 is 10.6 Å². The first-order valence-corrected chi connectivity index (χ1v) is 13.1. The Morgan fingerprint density at radius 2 is 2.08 bits per heavy atom. The molecule has 1 fully saturated rings. The summed E-state index contributed by atoms with van der Waals surface area (Å²) in [6.07, 6.45) is 0.509. The second-order valence-electron chi connectivity index (χ2n) is 10.1. The van der Waals surface area contributed by atoms with Gasteiger partial charge in [0, 0.05) is 49.4 Å². The Balaban J connectivity index is 1.53. The summed E-state index contributed by atoms with van der Waals surface area (Å²) in [6.45, 7) is 10.0. The summed E-state index contributed by atoms with van der Waals surface area (Å²) >= 11 is 1.59. The van der Waals surface area contributed by atoms with Crippen molar-refractivity contribution in [1.29, 1.82) is 0 Å². The van der Waals surface area contributed by atoms with Gasteiger partial charge >= 0.3 is 6.09 Å². The lowest BCUT2D eigenvalue weighted by Gasteiger charge is -2.38. The Bertz CT molecular complexity index is 1210. The lowest BCUT2D eigenvalue weighted by atomic mass is 9.94. The van der Waals surface area contributed by atoms with Crippen molar-refractivity contribution in [2.24, 2.45) is 5.92 Å². The van der Waals surface area contributed by atoms with Gasteiger partial charge in [-0.3, -0.25) is 0 Å². The third-order valence-corrected chi connectivity index (χ3v) is 7.04. The van der Waals surface area contributed by atoms with Crippen molar-refractivity contribution in [1.82, 2.24) is 15.1 Å². The average molecular weight is 516 g/mol. The molecule has 2 aromatic heterocycles. The number of hydrogen-bond acceptors (Lipinski definition) is 8. The number of fused-ring (bicyclic) bond motifs is 1. The van der Waals surface area contributed by atoms with E-state index in [1.165, 1.54) is 12.1 Å². The molecule has 2 atom stereocenters. The third-order valence-electron chi connectivity index (χ3n) is 6.12. The van der Waals surface area contributed by atoms with Crippen molar-refractivity contribution >= 4 is 39.0 Å². The molecule has 1 aliphatic rings. The second kappa shape index (κ2) is 11.0. The third kappa shape index (κ3) is 6.04. The van der Waals surface area contributed by atoms with Crippen LogP contribution in [0.25, 0.3) is 21.3 Å². The molecule has 36 heavy (non-hydrogen) atoms. The molecule has 3 aromatic rings. The van der Waals surface area contributed by atoms with Crippen LogP contribution in [0.4, 0.5) is 20.7 Å². The molecule has 0 saturated carbocycles. The quantitative estimate of drug-likeness (QED) is 0.395. The second-order valence-corrected chi connectivity index (χ2v) is 11.0. The van der Waals surface area contributed by atoms with E-state index < -0.39 is 5.60 Å². The van der Waals surface area contributed by atoms with Crippen molar-refractivity contribution in [2.75, 3.05) is 44.0 Å². The van der Waals surface area contributed by atoms with Crippen molar-refractivity contribution in [3.05, 3.63) is 35.5 Å². The zero-order valence-corrected chi connectivity index (χ0v) is 22.2. The number of aromatic nitrogens is 2. The number of hydrogen-bond donors (Lipinski definition) is 2. The van der Waals surface area contributed by atoms with Crippen LogP contribution in [-0.2, 0) is 9.47 Å². The minimum Gasteiger partial charge on any atom is -0.444 e. The highest BCUT2D eigenvalue weighted by Gasteiger charge is 2.32. The number of thiophene rings is 1. The van der Waals surface area contributed by atoms with E-state index in [0.29, 0.717) is 37.6 Å². The molecule has 1 saturated heterocycles. The highest BCUT2D eigenvalue weighted by molar-refractivity contribution is 7.17. The molecule has 0 spiro atoms. The van der Waals surface area contributed by atoms with Crippen LogP contribution in [0, 0.1) is 11.7 Å². The lowest BCUT2D eigenvalue weighted by Crippen LogP contribution is -2.49. The summed E-state index contributed by atoms with van der Waals surface area (Å²) < 4.78 is 25.6. The smallest absolute Gasteiger partial charge is 0.410 e. The number of carbonyl (C=O) groups is 1. The molecule has 0 unspecified atom stereocenters. The summed E-state index contributed by atoms with van der Waals surface area (Å²) in [4.78, 5) is 14.3. The number of likely N-dealkylation sites (tertiary alicyclic amines) is 1. The van der Waals surface area contributed by atoms with E-state index in [2.05, 4.69) is 27.8 Å². The molecule has 0 radical (unpaired) electrons. The number of carbonyl (C=O) groups excluding carboxylic acids is 1. The van der Waals surface area contributed by atoms with E-state index in [0.717, 1.165) is 27.9 Å². The number of methoxy groups -OCH3 is 1. The van der Waals surface area contributed by atoms with E-state index in [4.69, 9.17) is 9.47 Å². The van der Waals surface area contributed by atoms with Crippen LogP contribution in [0.15, 0.2) is 29.6 Å². The minimum atomic E-state index is -0.513. The Hall–Kier alpha value is -2.98. The van der Waals surface area contributed by atoms with Gasteiger partial charge in [-0.15, -0.1) is 21.5 Å². The molecule has 2 N–H and O–H groups in total. The summed E-state index contributed by atoms with van der Waals surface area (Å²) in [6, 6.07) is 6.80. The molecular weight excluding hydrogens is 481 g/mol. The topological polar surface area (TPSA) is 88.6 Å². The number of amides is 1. The molecule has 8 nitrogen and oxygen atoms in total. The van der Waals surface area contributed by atoms with Crippen LogP contribution in [-0.4, -0.2) is 66.2 Å². The van der Waals surface area contributed by atoms with Gasteiger partial charge in [-0.25, -0.2) is 9.18 Å². The number of nitrogens with zero attached hydrogens (tertiary/aromatic N) is 3. The van der Waals surface area contributed by atoms with Gasteiger partial charge in [-0.05, 0) is 62.8 Å². The number of nitrogens with one attached hydrogen (secondary N) is 2. The van der Waals surface area contributed by atoms with Crippen LogP contribution in [0.2, 0.25) is 0 Å². The van der Waals surface area contributed by atoms with Gasteiger partial charge in [0.25, 0.3) is 0 Å². The largest absolute Gasteiger partial charge is 0.444 e. The number of ether oxygens (including phenoxy) is 2. The first-order chi connectivity index (χ1) is 17.2. The van der Waals surface area contributed by atoms with Crippen LogP contribution in [0.1, 0.15) is 34.1 Å². The zero-order chi connectivity index (χ0) is 25.9. The maximum absolute atomic E-state index is 14.0. The van der Waals surface area contributed by atoms with Gasteiger partial charge in [0.05, 0.1) is 11.3 Å². The van der Waals surface area contributed by atoms with Gasteiger partial charge in [0.2, 0.25) is 0 Å².